The average Bonchev–Trinajstić information content (AvgIpc) is 2.67. The van der Waals surface area contributed by atoms with Crippen molar-refractivity contribution in [1.29, 1.82) is 0 Å². The Morgan fingerprint density at radius 2 is 2.29 bits per heavy atom. The second kappa shape index (κ2) is 4.45. The summed E-state index contributed by atoms with van der Waals surface area (Å²) in [6.07, 6.45) is 1.79. The van der Waals surface area contributed by atoms with Crippen LogP contribution in [0.2, 0.25) is 0 Å². The van der Waals surface area contributed by atoms with Crippen molar-refractivity contribution in [1.82, 2.24) is 4.57 Å². The van der Waals surface area contributed by atoms with Crippen molar-refractivity contribution >= 4 is 22.9 Å². The van der Waals surface area contributed by atoms with Gasteiger partial charge in [0.25, 0.3) is 0 Å². The van der Waals surface area contributed by atoms with Gasteiger partial charge in [0.2, 0.25) is 0 Å². The molecule has 1 aromatic carbocycles. The lowest BCUT2D eigenvalue weighted by Crippen LogP contribution is -2.09. The van der Waals surface area contributed by atoms with E-state index in [4.69, 9.17) is 4.74 Å². The minimum absolute atomic E-state index is 0.291. The van der Waals surface area contributed by atoms with Gasteiger partial charge in [-0.15, -0.1) is 0 Å². The summed E-state index contributed by atoms with van der Waals surface area (Å²) in [7, 11) is 1.86. The van der Waals surface area contributed by atoms with Crippen molar-refractivity contribution in [2.24, 2.45) is 7.05 Å². The summed E-state index contributed by atoms with van der Waals surface area (Å²) in [5, 5.41) is 1.02. The number of nitrogens with zero attached hydrogens (tertiary/aromatic N) is 1. The number of fused-ring (bicyclic) bond motifs is 1. The Hall–Kier alpha value is -2.03. The summed E-state index contributed by atoms with van der Waals surface area (Å²) < 4.78 is 6.88. The molecule has 0 fully saturated rings. The molecule has 0 spiro atoms. The molecular formula is C14H15NO2. The molecule has 0 amide bonds. The van der Waals surface area contributed by atoms with E-state index in [1.807, 2.05) is 35.9 Å². The van der Waals surface area contributed by atoms with Crippen LogP contribution >= 0.6 is 0 Å². The van der Waals surface area contributed by atoms with Crippen LogP contribution < -0.4 is 0 Å². The van der Waals surface area contributed by atoms with Crippen molar-refractivity contribution in [2.75, 3.05) is 6.61 Å². The van der Waals surface area contributed by atoms with Crippen LogP contribution in [0, 0.1) is 0 Å². The number of esters is 1. The SMILES string of the molecule is C=Cc1cccc2cc(C(=O)OCC)n(C)c12. The Morgan fingerprint density at radius 3 is 2.94 bits per heavy atom. The molecule has 0 bridgehead atoms. The van der Waals surface area contributed by atoms with Gasteiger partial charge in [-0.2, -0.15) is 0 Å². The lowest BCUT2D eigenvalue weighted by Gasteiger charge is -2.05. The first-order valence-electron chi connectivity index (χ1n) is 5.57. The summed E-state index contributed by atoms with van der Waals surface area (Å²) >= 11 is 0. The molecule has 1 aromatic heterocycles. The highest BCUT2D eigenvalue weighted by Crippen LogP contribution is 2.23. The third kappa shape index (κ3) is 1.84. The molecule has 1 heterocycles. The lowest BCUT2D eigenvalue weighted by atomic mass is 10.1. The van der Waals surface area contributed by atoms with E-state index in [-0.39, 0.29) is 5.97 Å². The molecule has 0 aliphatic rings. The Kier molecular flexibility index (Phi) is 3.00. The molecule has 0 unspecified atom stereocenters. The van der Waals surface area contributed by atoms with Crippen LogP contribution in [0.1, 0.15) is 23.0 Å². The van der Waals surface area contributed by atoms with Crippen LogP contribution in [-0.2, 0) is 11.8 Å². The molecule has 0 atom stereocenters. The zero-order chi connectivity index (χ0) is 12.4. The smallest absolute Gasteiger partial charge is 0.354 e. The fourth-order valence-corrected chi connectivity index (χ4v) is 2.01. The molecule has 88 valence electrons. The first kappa shape index (κ1) is 11.5. The fourth-order valence-electron chi connectivity index (χ4n) is 2.01. The third-order valence-corrected chi connectivity index (χ3v) is 2.79. The van der Waals surface area contributed by atoms with Crippen LogP contribution in [0.15, 0.2) is 30.8 Å². The third-order valence-electron chi connectivity index (χ3n) is 2.79. The van der Waals surface area contributed by atoms with Gasteiger partial charge in [-0.3, -0.25) is 0 Å². The highest BCUT2D eigenvalue weighted by molar-refractivity contribution is 5.98. The quantitative estimate of drug-likeness (QED) is 0.757. The molecule has 2 aromatic rings. The summed E-state index contributed by atoms with van der Waals surface area (Å²) in [6, 6.07) is 7.75. The molecule has 0 radical (unpaired) electrons. The second-order valence-corrected chi connectivity index (χ2v) is 3.80. The Morgan fingerprint density at radius 1 is 1.53 bits per heavy atom. The van der Waals surface area contributed by atoms with Gasteiger partial charge in [-0.25, -0.2) is 4.79 Å². The van der Waals surface area contributed by atoms with E-state index in [9.17, 15) is 4.79 Å². The number of carbonyl (C=O) groups is 1. The molecule has 0 aliphatic heterocycles. The van der Waals surface area contributed by atoms with Gasteiger partial charge in [-0.1, -0.05) is 30.9 Å². The number of carbonyl (C=O) groups excluding carboxylic acids is 1. The lowest BCUT2D eigenvalue weighted by molar-refractivity contribution is 0.0516. The number of hydrogen-bond donors (Lipinski definition) is 0. The van der Waals surface area contributed by atoms with E-state index in [1.165, 1.54) is 0 Å². The first-order chi connectivity index (χ1) is 8.19. The van der Waals surface area contributed by atoms with Gasteiger partial charge in [-0.05, 0) is 18.6 Å². The number of rotatable bonds is 3. The normalized spacial score (nSPS) is 10.5. The largest absolute Gasteiger partial charge is 0.461 e. The summed E-state index contributed by atoms with van der Waals surface area (Å²) in [4.78, 5) is 11.8. The zero-order valence-electron chi connectivity index (χ0n) is 10.1. The maximum atomic E-state index is 11.8. The van der Waals surface area contributed by atoms with Gasteiger partial charge in [0.15, 0.2) is 0 Å². The summed E-state index contributed by atoms with van der Waals surface area (Å²) in [6.45, 7) is 5.97. The summed E-state index contributed by atoms with van der Waals surface area (Å²) in [5.74, 6) is -0.291. The fraction of sp³-hybridized carbons (Fsp3) is 0.214. The Balaban J connectivity index is 2.65. The number of aryl methyl sites for hydroxylation is 1. The molecule has 0 N–H and O–H groups in total. The van der Waals surface area contributed by atoms with Crippen LogP contribution in [-0.4, -0.2) is 17.1 Å². The summed E-state index contributed by atoms with van der Waals surface area (Å²) in [5.41, 5.74) is 2.59. The van der Waals surface area contributed by atoms with E-state index < -0.39 is 0 Å². The molecule has 3 heteroatoms. The van der Waals surface area contributed by atoms with Gasteiger partial charge in [0, 0.05) is 12.4 Å². The highest BCUT2D eigenvalue weighted by Gasteiger charge is 2.15. The van der Waals surface area contributed by atoms with E-state index in [0.717, 1.165) is 16.5 Å². The van der Waals surface area contributed by atoms with Crippen molar-refractivity contribution in [3.05, 3.63) is 42.1 Å². The van der Waals surface area contributed by atoms with Gasteiger partial charge < -0.3 is 9.30 Å². The predicted octanol–water partition coefficient (Wildman–Crippen LogP) is 3.00. The standard InChI is InChI=1S/C14H15NO2/c1-4-10-7-6-8-11-9-12(14(16)17-5-2)15(3)13(10)11/h4,6-9H,1,5H2,2-3H3. The van der Waals surface area contributed by atoms with Gasteiger partial charge in [0.1, 0.15) is 5.69 Å². The molecular weight excluding hydrogens is 214 g/mol. The molecule has 0 saturated heterocycles. The van der Waals surface area contributed by atoms with Crippen molar-refractivity contribution in [3.8, 4) is 0 Å². The molecule has 3 nitrogen and oxygen atoms in total. The number of ether oxygens (including phenoxy) is 1. The molecule has 2 rings (SSSR count). The molecule has 17 heavy (non-hydrogen) atoms. The monoisotopic (exact) mass is 229 g/mol. The number of para-hydroxylation sites is 1. The van der Waals surface area contributed by atoms with Crippen LogP contribution in [0.3, 0.4) is 0 Å². The number of aromatic nitrogens is 1. The highest BCUT2D eigenvalue weighted by atomic mass is 16.5. The van der Waals surface area contributed by atoms with Crippen molar-refractivity contribution in [2.45, 2.75) is 6.92 Å². The topological polar surface area (TPSA) is 31.2 Å². The van der Waals surface area contributed by atoms with Crippen molar-refractivity contribution in [3.63, 3.8) is 0 Å². The zero-order valence-corrected chi connectivity index (χ0v) is 10.1. The van der Waals surface area contributed by atoms with Crippen molar-refractivity contribution < 1.29 is 9.53 Å². The van der Waals surface area contributed by atoms with Crippen LogP contribution in [0.4, 0.5) is 0 Å². The first-order valence-corrected chi connectivity index (χ1v) is 5.57. The Labute approximate surface area is 100 Å². The van der Waals surface area contributed by atoms with E-state index in [0.29, 0.717) is 12.3 Å². The van der Waals surface area contributed by atoms with Crippen LogP contribution in [0.5, 0.6) is 0 Å². The molecule has 0 aliphatic carbocycles. The minimum atomic E-state index is -0.291. The maximum Gasteiger partial charge on any atom is 0.354 e. The number of hydrogen-bond acceptors (Lipinski definition) is 2. The average molecular weight is 229 g/mol. The van der Waals surface area contributed by atoms with Gasteiger partial charge in [0.05, 0.1) is 12.1 Å². The van der Waals surface area contributed by atoms with Gasteiger partial charge >= 0.3 is 5.97 Å². The predicted molar refractivity (Wildman–Crippen MR) is 69.0 cm³/mol. The minimum Gasteiger partial charge on any atom is -0.461 e. The van der Waals surface area contributed by atoms with E-state index in [2.05, 4.69) is 6.58 Å². The molecule has 0 saturated carbocycles. The van der Waals surface area contributed by atoms with Crippen LogP contribution in [0.25, 0.3) is 17.0 Å². The second-order valence-electron chi connectivity index (χ2n) is 3.80. The Bertz CT molecular complexity index is 581. The number of benzene rings is 1. The maximum absolute atomic E-state index is 11.8. The van der Waals surface area contributed by atoms with E-state index in [1.54, 1.807) is 13.0 Å². The van der Waals surface area contributed by atoms with E-state index >= 15 is 0 Å².